The molecule has 3 fully saturated rings. The van der Waals surface area contributed by atoms with Crippen LogP contribution in [0.4, 0.5) is 13.2 Å². The maximum absolute atomic E-state index is 13.1. The van der Waals surface area contributed by atoms with Crippen molar-refractivity contribution in [2.75, 3.05) is 19.6 Å². The van der Waals surface area contributed by atoms with Crippen molar-refractivity contribution in [3.05, 3.63) is 35.6 Å². The van der Waals surface area contributed by atoms with Crippen LogP contribution in [0.25, 0.3) is 0 Å². The van der Waals surface area contributed by atoms with Crippen LogP contribution < -0.4 is 5.32 Å². The minimum absolute atomic E-state index is 0.0135. The molecule has 1 N–H and O–H groups in total. The van der Waals surface area contributed by atoms with Crippen molar-refractivity contribution in [1.29, 1.82) is 0 Å². The Kier molecular flexibility index (Phi) is 6.70. The monoisotopic (exact) mass is 436 g/mol. The van der Waals surface area contributed by atoms with E-state index in [0.717, 1.165) is 64.6 Å². The molecule has 2 saturated carbocycles. The molecule has 31 heavy (non-hydrogen) atoms. The van der Waals surface area contributed by atoms with Gasteiger partial charge in [0.25, 0.3) is 5.92 Å². The molecule has 4 rings (SSSR count). The number of ketones is 1. The minimum Gasteiger partial charge on any atom is -0.353 e. The van der Waals surface area contributed by atoms with Gasteiger partial charge in [-0.25, -0.2) is 13.2 Å². The molecule has 2 aliphatic carbocycles. The zero-order valence-corrected chi connectivity index (χ0v) is 17.8. The van der Waals surface area contributed by atoms with Crippen LogP contribution >= 0.6 is 0 Å². The average Bonchev–Trinajstić information content (AvgIpc) is 3.42. The molecule has 1 aromatic rings. The van der Waals surface area contributed by atoms with Crippen molar-refractivity contribution in [2.45, 2.75) is 63.3 Å². The number of rotatable bonds is 7. The van der Waals surface area contributed by atoms with Gasteiger partial charge in [-0.15, -0.1) is 0 Å². The highest BCUT2D eigenvalue weighted by molar-refractivity contribution is 5.97. The molecule has 0 bridgehead atoms. The molecule has 4 nitrogen and oxygen atoms in total. The molecule has 0 aromatic heterocycles. The second-order valence-electron chi connectivity index (χ2n) is 9.52. The van der Waals surface area contributed by atoms with Crippen LogP contribution in [-0.2, 0) is 4.79 Å². The van der Waals surface area contributed by atoms with Crippen LogP contribution in [0.3, 0.4) is 0 Å². The first-order valence-corrected chi connectivity index (χ1v) is 11.5. The van der Waals surface area contributed by atoms with Gasteiger partial charge in [-0.05, 0) is 94.8 Å². The van der Waals surface area contributed by atoms with Gasteiger partial charge in [0, 0.05) is 23.9 Å². The van der Waals surface area contributed by atoms with E-state index in [4.69, 9.17) is 0 Å². The third-order valence-corrected chi connectivity index (χ3v) is 7.28. The zero-order chi connectivity index (χ0) is 22.0. The molecule has 1 aliphatic heterocycles. The first kappa shape index (κ1) is 22.3. The number of carbonyl (C=O) groups excluding carboxylic acids is 2. The first-order chi connectivity index (χ1) is 14.8. The van der Waals surface area contributed by atoms with E-state index in [9.17, 15) is 22.8 Å². The Morgan fingerprint density at radius 2 is 1.61 bits per heavy atom. The molecule has 1 atom stereocenters. The van der Waals surface area contributed by atoms with Gasteiger partial charge in [0.05, 0.1) is 0 Å². The summed E-state index contributed by atoms with van der Waals surface area (Å²) in [5.41, 5.74) is 0.592. The number of carbonyl (C=O) groups is 2. The van der Waals surface area contributed by atoms with Gasteiger partial charge in [-0.3, -0.25) is 9.59 Å². The second-order valence-corrected chi connectivity index (χ2v) is 9.52. The van der Waals surface area contributed by atoms with E-state index in [2.05, 4.69) is 10.2 Å². The number of halogens is 3. The highest BCUT2D eigenvalue weighted by Gasteiger charge is 2.61. The van der Waals surface area contributed by atoms with Crippen molar-refractivity contribution in [1.82, 2.24) is 10.2 Å². The van der Waals surface area contributed by atoms with Crippen molar-refractivity contribution in [3.63, 3.8) is 0 Å². The average molecular weight is 437 g/mol. The molecule has 1 heterocycles. The summed E-state index contributed by atoms with van der Waals surface area (Å²) in [6, 6.07) is 5.85. The summed E-state index contributed by atoms with van der Waals surface area (Å²) in [6.45, 7) is 2.81. The fourth-order valence-corrected chi connectivity index (χ4v) is 5.03. The number of alkyl halides is 2. The van der Waals surface area contributed by atoms with E-state index >= 15 is 0 Å². The Labute approximate surface area is 181 Å². The van der Waals surface area contributed by atoms with E-state index in [-0.39, 0.29) is 30.0 Å². The summed E-state index contributed by atoms with van der Waals surface area (Å²) >= 11 is 0. The van der Waals surface area contributed by atoms with Gasteiger partial charge in [0.1, 0.15) is 11.7 Å². The maximum atomic E-state index is 13.1. The SMILES string of the molecule is O=C(c1ccc(F)cc1)C1CCN(CCC2CCC(NC(=O)C3CC3(F)F)CC2)CC1. The number of hydrogen-bond donors (Lipinski definition) is 1. The lowest BCUT2D eigenvalue weighted by Gasteiger charge is -2.34. The summed E-state index contributed by atoms with van der Waals surface area (Å²) in [6.07, 6.45) is 6.23. The summed E-state index contributed by atoms with van der Waals surface area (Å²) in [5, 5.41) is 2.81. The number of amides is 1. The Balaban J connectivity index is 1.12. The van der Waals surface area contributed by atoms with E-state index in [1.165, 1.54) is 12.1 Å². The summed E-state index contributed by atoms with van der Waals surface area (Å²) in [4.78, 5) is 26.9. The highest BCUT2D eigenvalue weighted by Crippen LogP contribution is 2.48. The lowest BCUT2D eigenvalue weighted by molar-refractivity contribution is -0.125. The van der Waals surface area contributed by atoms with Gasteiger partial charge in [-0.1, -0.05) is 0 Å². The van der Waals surface area contributed by atoms with Gasteiger partial charge in [0.15, 0.2) is 5.78 Å². The van der Waals surface area contributed by atoms with Gasteiger partial charge in [-0.2, -0.15) is 0 Å². The lowest BCUT2D eigenvalue weighted by atomic mass is 9.83. The predicted octanol–water partition coefficient (Wildman–Crippen LogP) is 4.44. The lowest BCUT2D eigenvalue weighted by Crippen LogP contribution is -2.40. The van der Waals surface area contributed by atoms with Crippen LogP contribution in [0.1, 0.15) is 61.7 Å². The quantitative estimate of drug-likeness (QED) is 0.643. The molecule has 1 aromatic carbocycles. The fourth-order valence-electron chi connectivity index (χ4n) is 5.03. The molecular weight excluding hydrogens is 405 g/mol. The van der Waals surface area contributed by atoms with Gasteiger partial charge in [0.2, 0.25) is 5.91 Å². The van der Waals surface area contributed by atoms with Crippen molar-refractivity contribution < 1.29 is 22.8 Å². The Bertz CT molecular complexity index is 783. The molecule has 170 valence electrons. The molecule has 7 heteroatoms. The Hall–Kier alpha value is -1.89. The Morgan fingerprint density at radius 3 is 2.19 bits per heavy atom. The molecule has 3 aliphatic rings. The van der Waals surface area contributed by atoms with Gasteiger partial charge < -0.3 is 10.2 Å². The van der Waals surface area contributed by atoms with Crippen molar-refractivity contribution in [2.24, 2.45) is 17.8 Å². The third-order valence-electron chi connectivity index (χ3n) is 7.28. The number of likely N-dealkylation sites (tertiary alicyclic amines) is 1. The van der Waals surface area contributed by atoms with Crippen molar-refractivity contribution in [3.8, 4) is 0 Å². The summed E-state index contributed by atoms with van der Waals surface area (Å²) in [5.74, 6) is -3.97. The molecule has 1 saturated heterocycles. The highest BCUT2D eigenvalue weighted by atomic mass is 19.3. The van der Waals surface area contributed by atoms with Crippen LogP contribution in [-0.4, -0.2) is 48.2 Å². The second kappa shape index (κ2) is 9.31. The third kappa shape index (κ3) is 5.68. The van der Waals surface area contributed by atoms with Crippen LogP contribution in [0.15, 0.2) is 24.3 Å². The minimum atomic E-state index is -2.79. The molecule has 0 spiro atoms. The topological polar surface area (TPSA) is 49.4 Å². The maximum Gasteiger partial charge on any atom is 0.260 e. The van der Waals surface area contributed by atoms with E-state index < -0.39 is 17.7 Å². The molecule has 0 radical (unpaired) electrons. The Morgan fingerprint density at radius 1 is 1.00 bits per heavy atom. The number of hydrogen-bond acceptors (Lipinski definition) is 3. The van der Waals surface area contributed by atoms with E-state index in [1.54, 1.807) is 12.1 Å². The molecule has 1 unspecified atom stereocenters. The van der Waals surface area contributed by atoms with E-state index in [0.29, 0.717) is 11.5 Å². The van der Waals surface area contributed by atoms with E-state index in [1.807, 2.05) is 0 Å². The predicted molar refractivity (Wildman–Crippen MR) is 111 cm³/mol. The first-order valence-electron chi connectivity index (χ1n) is 11.5. The largest absolute Gasteiger partial charge is 0.353 e. The smallest absolute Gasteiger partial charge is 0.260 e. The number of Topliss-reactive ketones (excluding diaryl/α,β-unsaturated/α-hetero) is 1. The summed E-state index contributed by atoms with van der Waals surface area (Å²) < 4.78 is 39.1. The zero-order valence-electron chi connectivity index (χ0n) is 17.8. The normalized spacial score (nSPS) is 28.8. The fraction of sp³-hybridized carbons (Fsp3) is 0.667. The van der Waals surface area contributed by atoms with Crippen molar-refractivity contribution >= 4 is 11.7 Å². The molecule has 1 amide bonds. The summed E-state index contributed by atoms with van der Waals surface area (Å²) in [7, 11) is 0. The molecular formula is C24H31F3N2O2. The van der Waals surface area contributed by atoms with Crippen LogP contribution in [0.2, 0.25) is 0 Å². The standard InChI is InChI=1S/C24H31F3N2O2/c25-19-5-3-17(4-6-19)22(30)18-10-13-29(14-11-18)12-9-16-1-7-20(8-2-16)28-23(31)21-15-24(21,26)27/h3-6,16,18,20-21H,1-2,7-15H2,(H,28,31). The number of nitrogens with zero attached hydrogens (tertiary/aromatic N) is 1. The number of piperidine rings is 1. The number of benzene rings is 1. The van der Waals surface area contributed by atoms with Gasteiger partial charge >= 0.3 is 0 Å². The number of nitrogens with one attached hydrogen (secondary N) is 1. The van der Waals surface area contributed by atoms with Crippen LogP contribution in [0, 0.1) is 23.6 Å². The van der Waals surface area contributed by atoms with Crippen LogP contribution in [0.5, 0.6) is 0 Å².